The summed E-state index contributed by atoms with van der Waals surface area (Å²) in [5, 5.41) is 20.1. The Morgan fingerprint density at radius 1 is 1.00 bits per heavy atom. The first-order chi connectivity index (χ1) is 13.0. The second kappa shape index (κ2) is 13.1. The quantitative estimate of drug-likeness (QED) is 0.257. The minimum atomic E-state index is -0.727. The van der Waals surface area contributed by atoms with E-state index in [9.17, 15) is 9.90 Å². The van der Waals surface area contributed by atoms with Crippen molar-refractivity contribution in [2.75, 3.05) is 26.2 Å². The van der Waals surface area contributed by atoms with Crippen molar-refractivity contribution in [2.45, 2.75) is 58.5 Å². The Hall–Kier alpha value is -2.08. The Bertz CT molecular complexity index is 555. The number of nitrogens with one attached hydrogen (secondary N) is 3. The van der Waals surface area contributed by atoms with Gasteiger partial charge in [0.05, 0.1) is 12.1 Å². The molecule has 6 nitrogen and oxygen atoms in total. The molecule has 0 spiro atoms. The largest absolute Gasteiger partial charge is 0.388 e. The van der Waals surface area contributed by atoms with Crippen LogP contribution in [-0.4, -0.2) is 48.8 Å². The van der Waals surface area contributed by atoms with E-state index in [0.717, 1.165) is 38.6 Å². The first-order valence-corrected chi connectivity index (χ1v) is 10.1. The fourth-order valence-electron chi connectivity index (χ4n) is 2.97. The number of carbonyl (C=O) groups excluding carboxylic acids is 1. The molecule has 0 aromatic heterocycles. The molecule has 0 atom stereocenters. The van der Waals surface area contributed by atoms with Crippen LogP contribution in [0.15, 0.2) is 35.3 Å². The number of hydrogen-bond acceptors (Lipinski definition) is 3. The minimum absolute atomic E-state index is 0.0552. The highest BCUT2D eigenvalue weighted by atomic mass is 16.3. The maximum absolute atomic E-state index is 12.0. The molecule has 1 aromatic rings. The van der Waals surface area contributed by atoms with E-state index < -0.39 is 5.60 Å². The number of aliphatic hydroxyl groups is 1. The first-order valence-electron chi connectivity index (χ1n) is 10.1. The van der Waals surface area contributed by atoms with Crippen molar-refractivity contribution in [1.29, 1.82) is 0 Å². The minimum Gasteiger partial charge on any atom is -0.388 e. The van der Waals surface area contributed by atoms with E-state index in [2.05, 4.69) is 34.8 Å². The van der Waals surface area contributed by atoms with Crippen LogP contribution in [0.5, 0.6) is 0 Å². The molecule has 0 radical (unpaired) electrons. The second-order valence-corrected chi connectivity index (χ2v) is 6.82. The maximum Gasteiger partial charge on any atom is 0.251 e. The third-order valence-electron chi connectivity index (χ3n) is 4.27. The van der Waals surface area contributed by atoms with Gasteiger partial charge in [-0.05, 0) is 38.3 Å². The molecular formula is C21H36N4O2. The summed E-state index contributed by atoms with van der Waals surface area (Å²) in [4.78, 5) is 16.5. The van der Waals surface area contributed by atoms with Gasteiger partial charge in [-0.1, -0.05) is 44.9 Å². The molecule has 152 valence electrons. The van der Waals surface area contributed by atoms with Crippen molar-refractivity contribution >= 4 is 11.9 Å². The summed E-state index contributed by atoms with van der Waals surface area (Å²) in [6.45, 7) is 8.62. The van der Waals surface area contributed by atoms with Gasteiger partial charge in [0.2, 0.25) is 0 Å². The zero-order valence-electron chi connectivity index (χ0n) is 17.1. The number of nitrogens with zero attached hydrogens (tertiary/aromatic N) is 1. The lowest BCUT2D eigenvalue weighted by Crippen LogP contribution is -2.41. The molecule has 0 fully saturated rings. The smallest absolute Gasteiger partial charge is 0.251 e. The molecule has 0 aliphatic heterocycles. The average molecular weight is 377 g/mol. The first kappa shape index (κ1) is 23.0. The number of hydrogen-bond donors (Lipinski definition) is 4. The second-order valence-electron chi connectivity index (χ2n) is 6.82. The van der Waals surface area contributed by atoms with E-state index >= 15 is 0 Å². The summed E-state index contributed by atoms with van der Waals surface area (Å²) in [6.07, 6.45) is 4.19. The van der Waals surface area contributed by atoms with Crippen LogP contribution in [0.4, 0.5) is 0 Å². The summed E-state index contributed by atoms with van der Waals surface area (Å²) in [7, 11) is 0. The van der Waals surface area contributed by atoms with Crippen LogP contribution < -0.4 is 16.0 Å². The number of benzene rings is 1. The molecule has 0 bridgehead atoms. The van der Waals surface area contributed by atoms with Gasteiger partial charge in [-0.15, -0.1) is 0 Å². The maximum atomic E-state index is 12.0. The molecule has 0 heterocycles. The van der Waals surface area contributed by atoms with Gasteiger partial charge < -0.3 is 21.1 Å². The van der Waals surface area contributed by atoms with Crippen LogP contribution >= 0.6 is 0 Å². The number of guanidine groups is 1. The van der Waals surface area contributed by atoms with Crippen LogP contribution in [0, 0.1) is 0 Å². The molecule has 0 saturated carbocycles. The van der Waals surface area contributed by atoms with E-state index in [1.165, 1.54) is 0 Å². The van der Waals surface area contributed by atoms with Gasteiger partial charge in [-0.2, -0.15) is 0 Å². The third kappa shape index (κ3) is 9.43. The molecular weight excluding hydrogens is 340 g/mol. The predicted octanol–water partition coefficient (Wildman–Crippen LogP) is 2.69. The Morgan fingerprint density at radius 2 is 1.63 bits per heavy atom. The van der Waals surface area contributed by atoms with Crippen molar-refractivity contribution in [3.05, 3.63) is 35.9 Å². The normalized spacial score (nSPS) is 11.9. The van der Waals surface area contributed by atoms with Crippen molar-refractivity contribution in [1.82, 2.24) is 16.0 Å². The van der Waals surface area contributed by atoms with Crippen LogP contribution in [-0.2, 0) is 0 Å². The monoisotopic (exact) mass is 376 g/mol. The van der Waals surface area contributed by atoms with E-state index in [1.807, 2.05) is 25.1 Å². The number of carbonyl (C=O) groups is 1. The molecule has 1 rings (SSSR count). The molecule has 0 aliphatic carbocycles. The topological polar surface area (TPSA) is 85.8 Å². The molecule has 27 heavy (non-hydrogen) atoms. The Morgan fingerprint density at radius 3 is 2.22 bits per heavy atom. The molecule has 1 amide bonds. The van der Waals surface area contributed by atoms with Crippen molar-refractivity contribution in [2.24, 2.45) is 4.99 Å². The van der Waals surface area contributed by atoms with Gasteiger partial charge in [0.25, 0.3) is 5.91 Å². The SMILES string of the molecule is CCCC(O)(CCC)CN=C(NCC)NCCCNC(=O)c1ccccc1. The van der Waals surface area contributed by atoms with Gasteiger partial charge in [-0.25, -0.2) is 0 Å². The molecule has 0 unspecified atom stereocenters. The summed E-state index contributed by atoms with van der Waals surface area (Å²) >= 11 is 0. The van der Waals surface area contributed by atoms with Gasteiger partial charge >= 0.3 is 0 Å². The van der Waals surface area contributed by atoms with Crippen LogP contribution in [0.3, 0.4) is 0 Å². The highest BCUT2D eigenvalue weighted by molar-refractivity contribution is 5.94. The van der Waals surface area contributed by atoms with Gasteiger partial charge in [0, 0.05) is 25.2 Å². The summed E-state index contributed by atoms with van der Waals surface area (Å²) in [6, 6.07) is 9.21. The van der Waals surface area contributed by atoms with E-state index in [4.69, 9.17) is 0 Å². The van der Waals surface area contributed by atoms with E-state index in [-0.39, 0.29) is 5.91 Å². The molecule has 0 aliphatic rings. The lowest BCUT2D eigenvalue weighted by molar-refractivity contribution is 0.0306. The molecule has 1 aromatic carbocycles. The predicted molar refractivity (Wildman–Crippen MR) is 112 cm³/mol. The molecule has 4 N–H and O–H groups in total. The zero-order valence-corrected chi connectivity index (χ0v) is 17.1. The standard InChI is InChI=1S/C21H36N4O2/c1-4-13-21(27,14-5-2)17-25-20(22-6-3)24-16-10-15-23-19(26)18-11-8-7-9-12-18/h7-9,11-12,27H,4-6,10,13-17H2,1-3H3,(H,23,26)(H2,22,24,25). The lowest BCUT2D eigenvalue weighted by Gasteiger charge is -2.26. The van der Waals surface area contributed by atoms with Gasteiger partial charge in [0.1, 0.15) is 0 Å². The highest BCUT2D eigenvalue weighted by Gasteiger charge is 2.24. The number of rotatable bonds is 12. The van der Waals surface area contributed by atoms with Crippen molar-refractivity contribution < 1.29 is 9.90 Å². The van der Waals surface area contributed by atoms with Crippen LogP contribution in [0.1, 0.15) is 63.2 Å². The molecule has 6 heteroatoms. The lowest BCUT2D eigenvalue weighted by atomic mass is 9.93. The zero-order chi connectivity index (χ0) is 20.0. The number of amides is 1. The van der Waals surface area contributed by atoms with Gasteiger partial charge in [-0.3, -0.25) is 9.79 Å². The number of aliphatic imine (C=N–C) groups is 1. The van der Waals surface area contributed by atoms with E-state index in [1.54, 1.807) is 12.1 Å². The Labute approximate surface area is 163 Å². The summed E-state index contributed by atoms with van der Waals surface area (Å²) in [5.41, 5.74) is -0.0540. The van der Waals surface area contributed by atoms with E-state index in [0.29, 0.717) is 31.2 Å². The van der Waals surface area contributed by atoms with Crippen molar-refractivity contribution in [3.63, 3.8) is 0 Å². The van der Waals surface area contributed by atoms with Crippen LogP contribution in [0.2, 0.25) is 0 Å². The van der Waals surface area contributed by atoms with Crippen LogP contribution in [0.25, 0.3) is 0 Å². The Kier molecular flexibility index (Phi) is 11.2. The summed E-state index contributed by atoms with van der Waals surface area (Å²) in [5.74, 6) is 0.651. The Balaban J connectivity index is 2.40. The average Bonchev–Trinajstić information content (AvgIpc) is 2.66. The fraction of sp³-hybridized carbons (Fsp3) is 0.619. The summed E-state index contributed by atoms with van der Waals surface area (Å²) < 4.78 is 0. The van der Waals surface area contributed by atoms with Crippen molar-refractivity contribution in [3.8, 4) is 0 Å². The third-order valence-corrected chi connectivity index (χ3v) is 4.27. The fourth-order valence-corrected chi connectivity index (χ4v) is 2.97. The molecule has 0 saturated heterocycles. The van der Waals surface area contributed by atoms with Gasteiger partial charge in [0.15, 0.2) is 5.96 Å². The highest BCUT2D eigenvalue weighted by Crippen LogP contribution is 2.19.